The molecule has 0 saturated carbocycles. The van der Waals surface area contributed by atoms with Crippen molar-refractivity contribution in [2.45, 2.75) is 37.6 Å². The molecule has 2 N–H and O–H groups in total. The Balaban J connectivity index is 1.49. The number of hydrogen-bond donors (Lipinski definition) is 2. The fraction of sp³-hybridized carbons (Fsp3) is 0.438. The van der Waals surface area contributed by atoms with Crippen LogP contribution < -0.4 is 10.6 Å². The van der Waals surface area contributed by atoms with Crippen molar-refractivity contribution in [3.63, 3.8) is 0 Å². The molecule has 9 heteroatoms. The molecule has 2 atom stereocenters. The molecule has 1 saturated heterocycles. The Hall–Kier alpha value is -2.42. The molecule has 2 aromatic rings. The summed E-state index contributed by atoms with van der Waals surface area (Å²) in [5.41, 5.74) is 0.851. The third-order valence-electron chi connectivity index (χ3n) is 4.33. The maximum Gasteiger partial charge on any atom is 0.315 e. The Morgan fingerprint density at radius 2 is 2.20 bits per heavy atom. The van der Waals surface area contributed by atoms with Gasteiger partial charge in [-0.3, -0.25) is 4.57 Å². The van der Waals surface area contributed by atoms with Gasteiger partial charge in [0.1, 0.15) is 12.1 Å². The van der Waals surface area contributed by atoms with Gasteiger partial charge in [-0.1, -0.05) is 6.07 Å². The number of amides is 2. The van der Waals surface area contributed by atoms with Gasteiger partial charge < -0.3 is 10.6 Å². The summed E-state index contributed by atoms with van der Waals surface area (Å²) in [6, 6.07) is 3.01. The van der Waals surface area contributed by atoms with Crippen molar-refractivity contribution in [3.8, 4) is 5.82 Å². The predicted molar refractivity (Wildman–Crippen MR) is 93.0 cm³/mol. The van der Waals surface area contributed by atoms with Crippen LogP contribution >= 0.6 is 0 Å². The summed E-state index contributed by atoms with van der Waals surface area (Å²) in [6.07, 6.45) is 8.07. The maximum atomic E-state index is 12.0. The number of carbonyl (C=O) groups excluding carboxylic acids is 1. The average Bonchev–Trinajstić information content (AvgIpc) is 3.11. The molecule has 0 aromatic carbocycles. The molecule has 3 heterocycles. The number of pyridine rings is 1. The zero-order valence-electron chi connectivity index (χ0n) is 13.9. The molecule has 2 aromatic heterocycles. The van der Waals surface area contributed by atoms with Crippen molar-refractivity contribution in [3.05, 3.63) is 42.6 Å². The van der Waals surface area contributed by atoms with Crippen LogP contribution in [0.2, 0.25) is 0 Å². The Morgan fingerprint density at radius 1 is 1.36 bits per heavy atom. The molecule has 0 radical (unpaired) electrons. The van der Waals surface area contributed by atoms with Crippen molar-refractivity contribution >= 4 is 15.9 Å². The second-order valence-electron chi connectivity index (χ2n) is 6.24. The molecule has 1 aliphatic rings. The van der Waals surface area contributed by atoms with Gasteiger partial charge in [-0.25, -0.2) is 23.2 Å². The van der Waals surface area contributed by atoms with Crippen LogP contribution in [0.15, 0.2) is 37.1 Å². The Kier molecular flexibility index (Phi) is 5.03. The maximum absolute atomic E-state index is 12.0. The summed E-state index contributed by atoms with van der Waals surface area (Å²) in [6.45, 7) is 2.03. The Labute approximate surface area is 146 Å². The SMILES string of the molecule is CC1CCC(NC(=O)NCc2ccc(-n3ccnc3)nc2)CS1(=O)=O. The van der Waals surface area contributed by atoms with Gasteiger partial charge in [-0.15, -0.1) is 0 Å². The molecule has 0 aliphatic carbocycles. The number of hydrogen-bond acceptors (Lipinski definition) is 5. The minimum absolute atomic E-state index is 0.00272. The summed E-state index contributed by atoms with van der Waals surface area (Å²) in [7, 11) is -3.11. The van der Waals surface area contributed by atoms with Gasteiger partial charge in [-0.05, 0) is 31.4 Å². The molecular formula is C16H21N5O3S. The van der Waals surface area contributed by atoms with Gasteiger partial charge >= 0.3 is 6.03 Å². The van der Waals surface area contributed by atoms with Gasteiger partial charge in [0, 0.05) is 31.2 Å². The number of imidazole rings is 1. The van der Waals surface area contributed by atoms with E-state index < -0.39 is 9.84 Å². The summed E-state index contributed by atoms with van der Waals surface area (Å²) in [5, 5.41) is 5.15. The molecule has 25 heavy (non-hydrogen) atoms. The second kappa shape index (κ2) is 7.22. The van der Waals surface area contributed by atoms with Gasteiger partial charge in [0.25, 0.3) is 0 Å². The normalized spacial score (nSPS) is 22.3. The smallest absolute Gasteiger partial charge is 0.315 e. The van der Waals surface area contributed by atoms with Crippen molar-refractivity contribution in [1.29, 1.82) is 0 Å². The largest absolute Gasteiger partial charge is 0.334 e. The van der Waals surface area contributed by atoms with Crippen LogP contribution in [0, 0.1) is 0 Å². The zero-order chi connectivity index (χ0) is 17.9. The van der Waals surface area contributed by atoms with Crippen molar-refractivity contribution in [2.24, 2.45) is 0 Å². The van der Waals surface area contributed by atoms with Crippen LogP contribution in [0.5, 0.6) is 0 Å². The van der Waals surface area contributed by atoms with Gasteiger partial charge in [0.2, 0.25) is 0 Å². The standard InChI is InChI=1S/C16H21N5O3S/c1-12-2-4-14(10-25(12,23)24)20-16(22)19-9-13-3-5-15(18-8-13)21-7-6-17-11-21/h3,5-8,11-12,14H,2,4,9-10H2,1H3,(H2,19,20,22). The fourth-order valence-corrected chi connectivity index (χ4v) is 4.38. The third-order valence-corrected chi connectivity index (χ3v) is 6.66. The number of rotatable bonds is 4. The molecular weight excluding hydrogens is 342 g/mol. The van der Waals surface area contributed by atoms with Crippen LogP contribution in [-0.2, 0) is 16.4 Å². The van der Waals surface area contributed by atoms with E-state index in [0.29, 0.717) is 19.4 Å². The van der Waals surface area contributed by atoms with Crippen LogP contribution in [-0.4, -0.2) is 46.0 Å². The minimum atomic E-state index is -3.11. The molecule has 1 fully saturated rings. The highest BCUT2D eigenvalue weighted by atomic mass is 32.2. The van der Waals surface area contributed by atoms with E-state index in [1.165, 1.54) is 0 Å². The van der Waals surface area contributed by atoms with Crippen LogP contribution in [0.25, 0.3) is 5.82 Å². The first-order chi connectivity index (χ1) is 11.9. The van der Waals surface area contributed by atoms with E-state index in [-0.39, 0.29) is 23.1 Å². The fourth-order valence-electron chi connectivity index (χ4n) is 2.74. The molecule has 1 aliphatic heterocycles. The lowest BCUT2D eigenvalue weighted by Gasteiger charge is -2.27. The topological polar surface area (TPSA) is 106 Å². The highest BCUT2D eigenvalue weighted by Gasteiger charge is 2.31. The van der Waals surface area contributed by atoms with Crippen LogP contribution in [0.3, 0.4) is 0 Å². The summed E-state index contributed by atoms with van der Waals surface area (Å²) >= 11 is 0. The number of aromatic nitrogens is 3. The molecule has 0 spiro atoms. The van der Waals surface area contributed by atoms with Gasteiger partial charge in [0.15, 0.2) is 9.84 Å². The summed E-state index contributed by atoms with van der Waals surface area (Å²) < 4.78 is 25.6. The Morgan fingerprint density at radius 3 is 2.84 bits per heavy atom. The molecule has 2 amide bonds. The number of nitrogens with zero attached hydrogens (tertiary/aromatic N) is 3. The van der Waals surface area contributed by atoms with E-state index in [2.05, 4.69) is 20.6 Å². The average molecular weight is 363 g/mol. The van der Waals surface area contributed by atoms with Crippen LogP contribution in [0.4, 0.5) is 4.79 Å². The third kappa shape index (κ3) is 4.36. The van der Waals surface area contributed by atoms with E-state index in [0.717, 1.165) is 11.4 Å². The zero-order valence-corrected chi connectivity index (χ0v) is 14.7. The van der Waals surface area contributed by atoms with Gasteiger partial charge in [0.05, 0.1) is 11.0 Å². The van der Waals surface area contributed by atoms with Crippen molar-refractivity contribution in [2.75, 3.05) is 5.75 Å². The summed E-state index contributed by atoms with van der Waals surface area (Å²) in [5.74, 6) is 0.746. The first kappa shape index (κ1) is 17.4. The molecule has 3 rings (SSSR count). The second-order valence-corrected chi connectivity index (χ2v) is 8.70. The summed E-state index contributed by atoms with van der Waals surface area (Å²) in [4.78, 5) is 20.3. The first-order valence-electron chi connectivity index (χ1n) is 8.13. The number of sulfone groups is 1. The lowest BCUT2D eigenvalue weighted by Crippen LogP contribution is -2.48. The van der Waals surface area contributed by atoms with E-state index in [9.17, 15) is 13.2 Å². The van der Waals surface area contributed by atoms with Gasteiger partial charge in [-0.2, -0.15) is 0 Å². The molecule has 2 unspecified atom stereocenters. The van der Waals surface area contributed by atoms with Crippen LogP contribution in [0.1, 0.15) is 25.3 Å². The number of urea groups is 1. The highest BCUT2D eigenvalue weighted by molar-refractivity contribution is 7.92. The first-order valence-corrected chi connectivity index (χ1v) is 9.85. The number of nitrogens with one attached hydrogen (secondary N) is 2. The lowest BCUT2D eigenvalue weighted by atomic mass is 10.1. The van der Waals surface area contributed by atoms with E-state index in [1.54, 1.807) is 36.4 Å². The lowest BCUT2D eigenvalue weighted by molar-refractivity contribution is 0.236. The molecule has 0 bridgehead atoms. The quantitative estimate of drug-likeness (QED) is 0.844. The molecule has 134 valence electrons. The number of carbonyl (C=O) groups is 1. The monoisotopic (exact) mass is 363 g/mol. The minimum Gasteiger partial charge on any atom is -0.334 e. The van der Waals surface area contributed by atoms with E-state index in [4.69, 9.17) is 0 Å². The molecule has 8 nitrogen and oxygen atoms in total. The highest BCUT2D eigenvalue weighted by Crippen LogP contribution is 2.19. The van der Waals surface area contributed by atoms with E-state index in [1.807, 2.05) is 12.1 Å². The van der Waals surface area contributed by atoms with Crippen molar-refractivity contribution in [1.82, 2.24) is 25.2 Å². The Bertz CT molecular complexity index is 818. The van der Waals surface area contributed by atoms with Crippen molar-refractivity contribution < 1.29 is 13.2 Å². The predicted octanol–water partition coefficient (Wildman–Crippen LogP) is 1.03. The van der Waals surface area contributed by atoms with E-state index >= 15 is 0 Å².